The topological polar surface area (TPSA) is 178 Å². The highest BCUT2D eigenvalue weighted by Crippen LogP contribution is 2.32. The fourth-order valence-electron chi connectivity index (χ4n) is 9.42. The van der Waals surface area contributed by atoms with Crippen LogP contribution in [0.5, 0.6) is 0 Å². The van der Waals surface area contributed by atoms with E-state index in [0.29, 0.717) is 84.1 Å². The van der Waals surface area contributed by atoms with Gasteiger partial charge in [0, 0.05) is 53.5 Å². The summed E-state index contributed by atoms with van der Waals surface area (Å²) in [5, 5.41) is 11.9. The fraction of sp³-hybridized carbons (Fsp3) is 0.190. The van der Waals surface area contributed by atoms with Gasteiger partial charge in [-0.2, -0.15) is 5.10 Å². The molecule has 75 heavy (non-hydrogen) atoms. The highest BCUT2D eigenvalue weighted by atomic mass is 35.5. The van der Waals surface area contributed by atoms with Gasteiger partial charge in [0.05, 0.1) is 50.8 Å². The average Bonchev–Trinajstić information content (AvgIpc) is 3.72. The molecule has 382 valence electrons. The molecule has 5 aromatic carbocycles. The fourth-order valence-corrected chi connectivity index (χ4v) is 10.5. The molecule has 1 aliphatic rings. The monoisotopic (exact) mass is 1040 g/mol. The number of rotatable bonds is 11. The van der Waals surface area contributed by atoms with E-state index in [0.717, 1.165) is 5.56 Å². The minimum absolute atomic E-state index is 0. The first-order valence-electron chi connectivity index (χ1n) is 23.7. The van der Waals surface area contributed by atoms with Crippen molar-refractivity contribution in [1.29, 1.82) is 0 Å². The molecule has 4 aromatic heterocycles. The van der Waals surface area contributed by atoms with Crippen molar-refractivity contribution in [2.75, 3.05) is 11.2 Å². The number of carbonyl (C=O) groups is 3. The Labute approximate surface area is 438 Å². The molecule has 0 saturated carbocycles. The minimum atomic E-state index is -3.20. The summed E-state index contributed by atoms with van der Waals surface area (Å²) in [6.45, 7) is 7.18. The van der Waals surface area contributed by atoms with Gasteiger partial charge in [0.15, 0.2) is 15.5 Å². The second-order valence-corrected chi connectivity index (χ2v) is 20.8. The lowest BCUT2D eigenvalue weighted by Crippen LogP contribution is -2.56. The van der Waals surface area contributed by atoms with Crippen LogP contribution in [-0.2, 0) is 22.0 Å². The van der Waals surface area contributed by atoms with E-state index < -0.39 is 39.7 Å². The van der Waals surface area contributed by atoms with Gasteiger partial charge in [-0.1, -0.05) is 104 Å². The Morgan fingerprint density at radius 1 is 0.787 bits per heavy atom. The van der Waals surface area contributed by atoms with Crippen molar-refractivity contribution in [1.82, 2.24) is 34.8 Å². The van der Waals surface area contributed by atoms with Gasteiger partial charge in [-0.3, -0.25) is 28.7 Å². The predicted molar refractivity (Wildman–Crippen MR) is 292 cm³/mol. The highest BCUT2D eigenvalue weighted by Gasteiger charge is 2.39. The third-order valence-corrected chi connectivity index (χ3v) is 14.1. The van der Waals surface area contributed by atoms with Crippen LogP contribution in [0, 0.1) is 19.7 Å². The van der Waals surface area contributed by atoms with E-state index in [9.17, 15) is 32.0 Å². The third-order valence-electron chi connectivity index (χ3n) is 12.9. The first-order valence-corrected chi connectivity index (χ1v) is 26.1. The number of pyridine rings is 2. The molecule has 1 aliphatic heterocycles. The number of fused-ring (bicyclic) bond motifs is 3. The zero-order chi connectivity index (χ0) is 52.4. The van der Waals surface area contributed by atoms with Crippen molar-refractivity contribution in [2.24, 2.45) is 0 Å². The molecule has 14 nitrogen and oxygen atoms in total. The van der Waals surface area contributed by atoms with Crippen molar-refractivity contribution in [3.8, 4) is 16.8 Å². The number of nitrogens with zero attached hydrogens (tertiary/aromatic N) is 6. The Kier molecular flexibility index (Phi) is 15.5. The van der Waals surface area contributed by atoms with Crippen LogP contribution in [0.3, 0.4) is 0 Å². The number of anilines is 1. The summed E-state index contributed by atoms with van der Waals surface area (Å²) >= 11 is 6.42. The van der Waals surface area contributed by atoms with Crippen molar-refractivity contribution in [2.45, 2.75) is 65.4 Å². The Hall–Kier alpha value is -8.34. The van der Waals surface area contributed by atoms with Crippen LogP contribution in [-0.4, -0.2) is 68.6 Å². The first-order chi connectivity index (χ1) is 35.5. The van der Waals surface area contributed by atoms with E-state index >= 15 is 0 Å². The van der Waals surface area contributed by atoms with Gasteiger partial charge in [0.2, 0.25) is 0 Å². The summed E-state index contributed by atoms with van der Waals surface area (Å²) in [4.78, 5) is 64.3. The van der Waals surface area contributed by atoms with Crippen molar-refractivity contribution in [3.63, 3.8) is 0 Å². The molecular weight excluding hydrogens is 991 g/mol. The predicted octanol–water partition coefficient (Wildman–Crippen LogP) is 10.3. The molecule has 0 bridgehead atoms. The summed E-state index contributed by atoms with van der Waals surface area (Å²) in [5.41, 5.74) is 6.77. The minimum Gasteiger partial charge on any atom is -0.347 e. The molecule has 3 amide bonds. The smallest absolute Gasteiger partial charge is 0.264 e. The van der Waals surface area contributed by atoms with Gasteiger partial charge in [-0.05, 0) is 111 Å². The second kappa shape index (κ2) is 22.0. The SMILES string of the molecule is C.Cc1ncc(-c2cccc(CS(C)(=O)=O)c2)cc1C(=O)N[C@@H](C)c1cc2cccc(Cl)c2c(=O)n1-c1ccccc1.Cc1nn2cccnc2c1C(=O)N[C@@H](C)C1Cc2cccc(F)c2C(=O)N1c1ccccc1. The normalized spacial score (nSPS) is 14.0. The summed E-state index contributed by atoms with van der Waals surface area (Å²) in [6.07, 6.45) is 6.60. The maximum Gasteiger partial charge on any atom is 0.264 e. The van der Waals surface area contributed by atoms with Gasteiger partial charge in [0.1, 0.15) is 11.4 Å². The van der Waals surface area contributed by atoms with Crippen LogP contribution in [0.1, 0.15) is 86.6 Å². The molecule has 0 saturated heterocycles. The number of sulfone groups is 1. The molecule has 1 unspecified atom stereocenters. The van der Waals surface area contributed by atoms with Gasteiger partial charge in [-0.25, -0.2) is 22.3 Å². The van der Waals surface area contributed by atoms with E-state index in [1.165, 1.54) is 12.3 Å². The largest absolute Gasteiger partial charge is 0.347 e. The summed E-state index contributed by atoms with van der Waals surface area (Å²) in [5.74, 6) is -1.71. The van der Waals surface area contributed by atoms with Crippen molar-refractivity contribution in [3.05, 3.63) is 224 Å². The molecule has 3 atom stereocenters. The number of hydrogen-bond acceptors (Lipinski definition) is 9. The maximum atomic E-state index is 14.6. The molecule has 0 fully saturated rings. The number of amides is 3. The lowest BCUT2D eigenvalue weighted by Gasteiger charge is -2.40. The van der Waals surface area contributed by atoms with E-state index in [-0.39, 0.29) is 36.1 Å². The number of aryl methyl sites for hydroxylation is 2. The number of para-hydroxylation sites is 2. The zero-order valence-corrected chi connectivity index (χ0v) is 42.5. The number of hydrogen-bond donors (Lipinski definition) is 2. The molecular formula is C58H54ClFN8O6S. The van der Waals surface area contributed by atoms with Gasteiger partial charge < -0.3 is 15.5 Å². The van der Waals surface area contributed by atoms with Gasteiger partial charge in [-0.15, -0.1) is 0 Å². The van der Waals surface area contributed by atoms with Gasteiger partial charge in [0.25, 0.3) is 23.3 Å². The molecule has 0 spiro atoms. The summed E-state index contributed by atoms with van der Waals surface area (Å²) < 4.78 is 41.3. The van der Waals surface area contributed by atoms with Crippen LogP contribution >= 0.6 is 11.6 Å². The quantitative estimate of drug-likeness (QED) is 0.128. The Bertz CT molecular complexity index is 3810. The van der Waals surface area contributed by atoms with Crippen LogP contribution in [0.25, 0.3) is 33.2 Å². The first kappa shape index (κ1) is 53.0. The number of aromatic nitrogens is 5. The van der Waals surface area contributed by atoms with E-state index in [2.05, 4.69) is 25.7 Å². The van der Waals surface area contributed by atoms with Gasteiger partial charge >= 0.3 is 0 Å². The summed E-state index contributed by atoms with van der Waals surface area (Å²) in [7, 11) is -3.20. The molecule has 0 radical (unpaired) electrons. The van der Waals surface area contributed by atoms with Crippen LogP contribution in [0.2, 0.25) is 5.02 Å². The standard InChI is InChI=1S/C32H28ClN3O4S.C25H22FN5O2.CH4/c1-20-27(16-25(18-34-20)23-10-7-9-22(15-23)19-41(3,39)40)31(37)35-21(2)29-17-24-11-8-14-28(33)30(24)32(38)36(29)26-12-5-4-6-13-26;1-15(28-24(32)21-16(2)29-30-13-7-12-27-23(21)30)20-14-17-8-6-11-19(26)22(17)25(33)31(20)18-9-4-3-5-10-18;/h4-18,21H,19H2,1-3H3,(H,35,37);3-13,15,20H,14H2,1-2H3,(H,28,32);1H4/t21-;15-,20?;/m00./s1. The van der Waals surface area contributed by atoms with E-state index in [1.54, 1.807) is 101 Å². The Morgan fingerprint density at radius 3 is 2.20 bits per heavy atom. The molecule has 2 N–H and O–H groups in total. The highest BCUT2D eigenvalue weighted by molar-refractivity contribution is 7.89. The Balaban J connectivity index is 0.000000201. The number of carbonyl (C=O) groups excluding carboxylic acids is 3. The second-order valence-electron chi connectivity index (χ2n) is 18.2. The van der Waals surface area contributed by atoms with Crippen LogP contribution < -0.4 is 21.1 Å². The number of nitrogens with one attached hydrogen (secondary N) is 2. The molecule has 5 heterocycles. The third kappa shape index (κ3) is 11.1. The molecule has 9 aromatic rings. The summed E-state index contributed by atoms with van der Waals surface area (Å²) in [6, 6.07) is 39.4. The van der Waals surface area contributed by atoms with Crippen molar-refractivity contribution < 1.29 is 27.2 Å². The Morgan fingerprint density at radius 2 is 1.48 bits per heavy atom. The molecule has 10 rings (SSSR count). The maximum absolute atomic E-state index is 14.6. The van der Waals surface area contributed by atoms with Crippen molar-refractivity contribution >= 4 is 61.3 Å². The molecule has 17 heteroatoms. The van der Waals surface area contributed by atoms with E-state index in [4.69, 9.17) is 11.6 Å². The lowest BCUT2D eigenvalue weighted by molar-refractivity contribution is 0.0905. The van der Waals surface area contributed by atoms with Crippen LogP contribution in [0.15, 0.2) is 163 Å². The van der Waals surface area contributed by atoms with Crippen LogP contribution in [0.4, 0.5) is 10.1 Å². The van der Waals surface area contributed by atoms with E-state index in [1.807, 2.05) is 92.7 Å². The zero-order valence-electron chi connectivity index (χ0n) is 41.0. The molecule has 0 aliphatic carbocycles. The average molecular weight is 1050 g/mol. The number of halogens is 2. The lowest BCUT2D eigenvalue weighted by atomic mass is 9.89. The number of benzene rings is 5.